The highest BCUT2D eigenvalue weighted by Gasteiger charge is 2.22. The smallest absolute Gasteiger partial charge is 0.274 e. The Morgan fingerprint density at radius 1 is 1.21 bits per heavy atom. The third kappa shape index (κ3) is 4.07. The lowest BCUT2D eigenvalue weighted by molar-refractivity contribution is 0.0776. The van der Waals surface area contributed by atoms with E-state index in [1.54, 1.807) is 25.2 Å². The van der Waals surface area contributed by atoms with Crippen LogP contribution in [0.4, 0.5) is 5.95 Å². The van der Waals surface area contributed by atoms with Gasteiger partial charge in [0, 0.05) is 20.1 Å². The number of rotatable bonds is 4. The van der Waals surface area contributed by atoms with Crippen LogP contribution in [0.3, 0.4) is 0 Å². The van der Waals surface area contributed by atoms with Crippen LogP contribution in [0.1, 0.15) is 35.6 Å². The maximum atomic E-state index is 13.0. The van der Waals surface area contributed by atoms with Crippen molar-refractivity contribution in [1.82, 2.24) is 24.8 Å². The predicted octanol–water partition coefficient (Wildman–Crippen LogP) is 2.63. The van der Waals surface area contributed by atoms with E-state index >= 15 is 0 Å². The van der Waals surface area contributed by atoms with Crippen molar-refractivity contribution in [1.29, 1.82) is 0 Å². The summed E-state index contributed by atoms with van der Waals surface area (Å²) in [5.74, 6) is 0.556. The van der Waals surface area contributed by atoms with Crippen molar-refractivity contribution in [2.45, 2.75) is 25.8 Å². The van der Waals surface area contributed by atoms with E-state index in [2.05, 4.69) is 24.8 Å². The van der Waals surface area contributed by atoms with Crippen LogP contribution < -0.4 is 10.5 Å². The number of fused-ring (bicyclic) bond motifs is 1. The number of hydrogen-bond donors (Lipinski definition) is 1. The third-order valence-electron chi connectivity index (χ3n) is 4.97. The summed E-state index contributed by atoms with van der Waals surface area (Å²) in [6.45, 7) is 1.86. The van der Waals surface area contributed by atoms with E-state index in [4.69, 9.17) is 11.6 Å². The number of nitrogens with one attached hydrogen (secondary N) is 1. The van der Waals surface area contributed by atoms with Crippen LogP contribution in [0.2, 0.25) is 5.02 Å². The van der Waals surface area contributed by atoms with Crippen molar-refractivity contribution in [3.63, 3.8) is 0 Å². The Morgan fingerprint density at radius 3 is 2.76 bits per heavy atom. The van der Waals surface area contributed by atoms with E-state index in [1.807, 2.05) is 6.07 Å². The van der Waals surface area contributed by atoms with Gasteiger partial charge >= 0.3 is 0 Å². The van der Waals surface area contributed by atoms with Crippen LogP contribution in [0.15, 0.2) is 35.3 Å². The number of benzene rings is 1. The number of aromatic nitrogens is 4. The normalized spacial score (nSPS) is 14.2. The van der Waals surface area contributed by atoms with Crippen molar-refractivity contribution >= 4 is 34.4 Å². The molecule has 2 aromatic heterocycles. The van der Waals surface area contributed by atoms with Gasteiger partial charge in [0.25, 0.3) is 11.5 Å². The van der Waals surface area contributed by atoms with Gasteiger partial charge in [-0.15, -0.1) is 0 Å². The SMILES string of the molecule is CN(Cc1nc2ccccc2c(=O)[nH]1)C(=O)c1nc(N2CCCCC2)ncc1Cl. The maximum absolute atomic E-state index is 13.0. The van der Waals surface area contributed by atoms with Gasteiger partial charge in [0.15, 0.2) is 5.69 Å². The zero-order valence-corrected chi connectivity index (χ0v) is 16.8. The van der Waals surface area contributed by atoms with Gasteiger partial charge in [-0.2, -0.15) is 0 Å². The van der Waals surface area contributed by atoms with Gasteiger partial charge in [0.05, 0.1) is 28.7 Å². The van der Waals surface area contributed by atoms with Gasteiger partial charge in [-0.3, -0.25) is 9.59 Å². The molecule has 0 bridgehead atoms. The molecule has 150 valence electrons. The molecule has 1 amide bonds. The number of amides is 1. The first-order chi connectivity index (χ1) is 14.0. The molecule has 1 N–H and O–H groups in total. The van der Waals surface area contributed by atoms with Crippen molar-refractivity contribution in [3.05, 3.63) is 57.4 Å². The summed E-state index contributed by atoms with van der Waals surface area (Å²) < 4.78 is 0. The second kappa shape index (κ2) is 8.16. The van der Waals surface area contributed by atoms with Crippen LogP contribution in [-0.4, -0.2) is 50.9 Å². The zero-order valence-electron chi connectivity index (χ0n) is 16.1. The van der Waals surface area contributed by atoms with Crippen molar-refractivity contribution in [2.24, 2.45) is 0 Å². The molecule has 1 saturated heterocycles. The molecule has 29 heavy (non-hydrogen) atoms. The third-order valence-corrected chi connectivity index (χ3v) is 5.25. The van der Waals surface area contributed by atoms with Crippen LogP contribution >= 0.6 is 11.6 Å². The molecule has 1 fully saturated rings. The lowest BCUT2D eigenvalue weighted by Gasteiger charge is -2.27. The molecule has 8 nitrogen and oxygen atoms in total. The van der Waals surface area contributed by atoms with Crippen molar-refractivity contribution in [3.8, 4) is 0 Å². The molecule has 3 aromatic rings. The van der Waals surface area contributed by atoms with E-state index in [1.165, 1.54) is 17.5 Å². The first-order valence-electron chi connectivity index (χ1n) is 9.54. The average molecular weight is 413 g/mol. The molecule has 1 aliphatic heterocycles. The fourth-order valence-electron chi connectivity index (χ4n) is 3.44. The van der Waals surface area contributed by atoms with Crippen LogP contribution in [0, 0.1) is 0 Å². The number of nitrogens with zero attached hydrogens (tertiary/aromatic N) is 5. The Balaban J connectivity index is 1.57. The first kappa shape index (κ1) is 19.3. The summed E-state index contributed by atoms with van der Waals surface area (Å²) in [4.78, 5) is 44.6. The average Bonchev–Trinajstić information content (AvgIpc) is 2.74. The summed E-state index contributed by atoms with van der Waals surface area (Å²) >= 11 is 6.22. The van der Waals surface area contributed by atoms with Crippen LogP contribution in [-0.2, 0) is 6.54 Å². The predicted molar refractivity (Wildman–Crippen MR) is 111 cm³/mol. The molecule has 0 radical (unpaired) electrons. The monoisotopic (exact) mass is 412 g/mol. The van der Waals surface area contributed by atoms with Gasteiger partial charge in [-0.25, -0.2) is 15.0 Å². The van der Waals surface area contributed by atoms with E-state index in [9.17, 15) is 9.59 Å². The fourth-order valence-corrected chi connectivity index (χ4v) is 3.61. The highest BCUT2D eigenvalue weighted by molar-refractivity contribution is 6.33. The van der Waals surface area contributed by atoms with Crippen LogP contribution in [0.5, 0.6) is 0 Å². The van der Waals surface area contributed by atoms with Crippen molar-refractivity contribution < 1.29 is 4.79 Å². The summed E-state index contributed by atoms with van der Waals surface area (Å²) in [5, 5.41) is 0.706. The lowest BCUT2D eigenvalue weighted by Crippen LogP contribution is -2.33. The van der Waals surface area contributed by atoms with E-state index in [0.717, 1.165) is 25.9 Å². The number of para-hydroxylation sites is 1. The molecule has 0 saturated carbocycles. The van der Waals surface area contributed by atoms with Crippen molar-refractivity contribution in [2.75, 3.05) is 25.0 Å². The number of carbonyl (C=O) groups is 1. The summed E-state index contributed by atoms with van der Waals surface area (Å²) in [6, 6.07) is 7.08. The summed E-state index contributed by atoms with van der Waals surface area (Å²) in [7, 11) is 1.62. The first-order valence-corrected chi connectivity index (χ1v) is 9.91. The second-order valence-electron chi connectivity index (χ2n) is 7.11. The standard InChI is InChI=1S/C20H21ClN6O2/c1-26(12-16-23-15-8-4-3-7-13(15)18(28)24-16)19(29)17-14(21)11-22-20(25-17)27-9-5-2-6-10-27/h3-4,7-8,11H,2,5-6,9-10,12H2,1H3,(H,23,24,28). The highest BCUT2D eigenvalue weighted by atomic mass is 35.5. The molecule has 0 atom stereocenters. The number of piperidine rings is 1. The Labute approximate surface area is 172 Å². The number of carbonyl (C=O) groups excluding carboxylic acids is 1. The second-order valence-corrected chi connectivity index (χ2v) is 7.51. The maximum Gasteiger partial charge on any atom is 0.274 e. The molecule has 9 heteroatoms. The molecule has 0 unspecified atom stereocenters. The lowest BCUT2D eigenvalue weighted by atomic mass is 10.1. The Bertz CT molecular complexity index is 1110. The molecule has 0 aliphatic carbocycles. The van der Waals surface area contributed by atoms with E-state index in [-0.39, 0.29) is 28.7 Å². The Hall–Kier alpha value is -3.00. The van der Waals surface area contributed by atoms with Crippen LogP contribution in [0.25, 0.3) is 10.9 Å². The Kier molecular flexibility index (Phi) is 5.44. The number of H-pyrrole nitrogens is 1. The molecule has 3 heterocycles. The quantitative estimate of drug-likeness (QED) is 0.707. The highest BCUT2D eigenvalue weighted by Crippen LogP contribution is 2.21. The minimum Gasteiger partial charge on any atom is -0.341 e. The molecule has 4 rings (SSSR count). The summed E-state index contributed by atoms with van der Waals surface area (Å²) in [6.07, 6.45) is 4.82. The number of anilines is 1. The van der Waals surface area contributed by atoms with Gasteiger partial charge in [-0.05, 0) is 31.4 Å². The molecule has 1 aromatic carbocycles. The molecule has 1 aliphatic rings. The molecule has 0 spiro atoms. The zero-order chi connectivity index (χ0) is 20.4. The number of halogens is 1. The largest absolute Gasteiger partial charge is 0.341 e. The fraction of sp³-hybridized carbons (Fsp3) is 0.350. The number of hydrogen-bond acceptors (Lipinski definition) is 6. The van der Waals surface area contributed by atoms with Gasteiger partial charge < -0.3 is 14.8 Å². The van der Waals surface area contributed by atoms with E-state index in [0.29, 0.717) is 22.7 Å². The number of aromatic amines is 1. The molecular weight excluding hydrogens is 392 g/mol. The Morgan fingerprint density at radius 2 is 1.97 bits per heavy atom. The van der Waals surface area contributed by atoms with Gasteiger partial charge in [0.1, 0.15) is 5.82 Å². The van der Waals surface area contributed by atoms with Gasteiger partial charge in [-0.1, -0.05) is 23.7 Å². The minimum atomic E-state index is -0.355. The topological polar surface area (TPSA) is 95.1 Å². The van der Waals surface area contributed by atoms with E-state index < -0.39 is 0 Å². The summed E-state index contributed by atoms with van der Waals surface area (Å²) in [5.41, 5.74) is 0.492. The van der Waals surface area contributed by atoms with Gasteiger partial charge in [0.2, 0.25) is 5.95 Å². The molecular formula is C20H21ClN6O2. The minimum absolute atomic E-state index is 0.123.